The van der Waals surface area contributed by atoms with Crippen LogP contribution in [0.25, 0.3) is 6.08 Å². The maximum atomic E-state index is 11.1. The normalized spacial score (nSPS) is 10.5. The first kappa shape index (κ1) is 13.6. The van der Waals surface area contributed by atoms with Gasteiger partial charge < -0.3 is 9.47 Å². The van der Waals surface area contributed by atoms with Crippen LogP contribution in [-0.2, 0) is 9.53 Å². The molecule has 0 aromatic heterocycles. The summed E-state index contributed by atoms with van der Waals surface area (Å²) >= 11 is 5.91. The third-order valence-corrected chi connectivity index (χ3v) is 2.25. The van der Waals surface area contributed by atoms with Crippen molar-refractivity contribution in [1.29, 1.82) is 0 Å². The van der Waals surface area contributed by atoms with Crippen LogP contribution in [0.15, 0.2) is 24.3 Å². The van der Waals surface area contributed by atoms with Crippen LogP contribution in [0.2, 0.25) is 5.02 Å². The largest absolute Gasteiger partial charge is 0.497 e. The quantitative estimate of drug-likeness (QED) is 0.757. The molecule has 1 aromatic rings. The molecule has 0 aliphatic carbocycles. The van der Waals surface area contributed by atoms with Crippen molar-refractivity contribution in [3.63, 3.8) is 0 Å². The fourth-order valence-electron chi connectivity index (χ4n) is 1.31. The third-order valence-electron chi connectivity index (χ3n) is 2.03. The molecule has 0 spiro atoms. The van der Waals surface area contributed by atoms with Crippen LogP contribution < -0.4 is 4.74 Å². The van der Waals surface area contributed by atoms with E-state index in [4.69, 9.17) is 21.1 Å². The zero-order valence-electron chi connectivity index (χ0n) is 9.90. The Labute approximate surface area is 106 Å². The molecule has 4 heteroatoms. The van der Waals surface area contributed by atoms with Gasteiger partial charge in [0.15, 0.2) is 0 Å². The fraction of sp³-hybridized carbons (Fsp3) is 0.308. The lowest BCUT2D eigenvalue weighted by molar-refractivity contribution is -0.142. The average molecular weight is 255 g/mol. The summed E-state index contributed by atoms with van der Waals surface area (Å²) in [6.45, 7) is 2.18. The molecule has 0 bridgehead atoms. The van der Waals surface area contributed by atoms with Crippen LogP contribution in [-0.4, -0.2) is 19.7 Å². The van der Waals surface area contributed by atoms with Gasteiger partial charge in [0.05, 0.1) is 20.1 Å². The Morgan fingerprint density at radius 3 is 2.82 bits per heavy atom. The molecule has 92 valence electrons. The van der Waals surface area contributed by atoms with Crippen LogP contribution in [0, 0.1) is 0 Å². The van der Waals surface area contributed by atoms with E-state index in [1.54, 1.807) is 32.2 Å². The summed E-state index contributed by atoms with van der Waals surface area (Å²) in [6.07, 6.45) is 3.80. The average Bonchev–Trinajstić information content (AvgIpc) is 2.28. The van der Waals surface area contributed by atoms with Gasteiger partial charge in [0.25, 0.3) is 0 Å². The highest BCUT2D eigenvalue weighted by atomic mass is 35.5. The highest BCUT2D eigenvalue weighted by molar-refractivity contribution is 6.30. The van der Waals surface area contributed by atoms with E-state index in [1.807, 2.05) is 12.1 Å². The summed E-state index contributed by atoms with van der Waals surface area (Å²) in [4.78, 5) is 11.1. The minimum atomic E-state index is -0.238. The lowest BCUT2D eigenvalue weighted by Gasteiger charge is -2.02. The Bertz CT molecular complexity index is 413. The molecule has 0 fully saturated rings. The molecule has 1 rings (SSSR count). The molecule has 0 N–H and O–H groups in total. The number of carbonyl (C=O) groups is 1. The van der Waals surface area contributed by atoms with Crippen molar-refractivity contribution in [2.45, 2.75) is 13.3 Å². The first-order chi connectivity index (χ1) is 8.15. The van der Waals surface area contributed by atoms with E-state index in [0.29, 0.717) is 17.4 Å². The predicted octanol–water partition coefficient (Wildman–Crippen LogP) is 3.32. The second-order valence-electron chi connectivity index (χ2n) is 3.34. The lowest BCUT2D eigenvalue weighted by atomic mass is 10.2. The molecular formula is C13H15ClO3. The molecule has 3 nitrogen and oxygen atoms in total. The summed E-state index contributed by atoms with van der Waals surface area (Å²) in [6, 6.07) is 5.36. The van der Waals surface area contributed by atoms with Crippen LogP contribution in [0.4, 0.5) is 0 Å². The van der Waals surface area contributed by atoms with E-state index < -0.39 is 0 Å². The summed E-state index contributed by atoms with van der Waals surface area (Å²) in [5, 5.41) is 0.597. The van der Waals surface area contributed by atoms with E-state index in [-0.39, 0.29) is 12.4 Å². The smallest absolute Gasteiger partial charge is 0.309 e. The first-order valence-corrected chi connectivity index (χ1v) is 5.70. The van der Waals surface area contributed by atoms with E-state index in [9.17, 15) is 4.79 Å². The van der Waals surface area contributed by atoms with Gasteiger partial charge in [-0.2, -0.15) is 0 Å². The summed E-state index contributed by atoms with van der Waals surface area (Å²) in [5.74, 6) is 0.450. The van der Waals surface area contributed by atoms with Gasteiger partial charge in [-0.3, -0.25) is 4.79 Å². The molecule has 0 heterocycles. The van der Waals surface area contributed by atoms with Crippen molar-refractivity contribution in [2.24, 2.45) is 0 Å². The highest BCUT2D eigenvalue weighted by Crippen LogP contribution is 2.21. The van der Waals surface area contributed by atoms with Gasteiger partial charge >= 0.3 is 5.97 Å². The van der Waals surface area contributed by atoms with Crippen LogP contribution in [0.5, 0.6) is 5.75 Å². The van der Waals surface area contributed by atoms with Gasteiger partial charge in [-0.05, 0) is 30.7 Å². The van der Waals surface area contributed by atoms with Crippen LogP contribution in [0.1, 0.15) is 18.9 Å². The molecule has 0 saturated carbocycles. The molecule has 17 heavy (non-hydrogen) atoms. The number of esters is 1. The molecule has 0 aliphatic heterocycles. The summed E-state index contributed by atoms with van der Waals surface area (Å²) < 4.78 is 9.90. The summed E-state index contributed by atoms with van der Waals surface area (Å²) in [5.41, 5.74) is 0.888. The SMILES string of the molecule is CCOC(=O)CC=Cc1cc(Cl)cc(OC)c1. The number of benzene rings is 1. The van der Waals surface area contributed by atoms with Crippen molar-refractivity contribution >= 4 is 23.6 Å². The monoisotopic (exact) mass is 254 g/mol. The van der Waals surface area contributed by atoms with Gasteiger partial charge in [0.1, 0.15) is 5.75 Å². The van der Waals surface area contributed by atoms with Crippen LogP contribution in [0.3, 0.4) is 0 Å². The zero-order chi connectivity index (χ0) is 12.7. The molecule has 1 aromatic carbocycles. The molecule has 0 radical (unpaired) electrons. The molecular weight excluding hydrogens is 240 g/mol. The lowest BCUT2D eigenvalue weighted by Crippen LogP contribution is -2.01. The Kier molecular flexibility index (Phi) is 5.57. The van der Waals surface area contributed by atoms with Crippen LogP contribution >= 0.6 is 11.6 Å². The Hall–Kier alpha value is -1.48. The maximum Gasteiger partial charge on any atom is 0.309 e. The molecule has 0 aliphatic rings. The second kappa shape index (κ2) is 6.97. The molecule has 0 saturated heterocycles. The van der Waals surface area contributed by atoms with Crippen molar-refractivity contribution in [1.82, 2.24) is 0 Å². The number of rotatable bonds is 5. The standard InChI is InChI=1S/C13H15ClO3/c1-3-17-13(15)6-4-5-10-7-11(14)9-12(8-10)16-2/h4-5,7-9H,3,6H2,1-2H3. The second-order valence-corrected chi connectivity index (χ2v) is 3.77. The number of methoxy groups -OCH3 is 1. The molecule has 0 amide bonds. The molecule has 0 unspecified atom stereocenters. The number of halogens is 1. The molecule has 0 atom stereocenters. The Morgan fingerprint density at radius 2 is 2.18 bits per heavy atom. The van der Waals surface area contributed by atoms with Gasteiger partial charge in [0.2, 0.25) is 0 Å². The topological polar surface area (TPSA) is 35.5 Å². The van der Waals surface area contributed by atoms with Crippen molar-refractivity contribution in [3.8, 4) is 5.75 Å². The zero-order valence-corrected chi connectivity index (χ0v) is 10.7. The minimum absolute atomic E-state index is 0.238. The van der Waals surface area contributed by atoms with Crippen molar-refractivity contribution < 1.29 is 14.3 Å². The van der Waals surface area contributed by atoms with E-state index >= 15 is 0 Å². The Balaban J connectivity index is 2.64. The van der Waals surface area contributed by atoms with Gasteiger partial charge in [0, 0.05) is 5.02 Å². The van der Waals surface area contributed by atoms with Gasteiger partial charge in [-0.25, -0.2) is 0 Å². The maximum absolute atomic E-state index is 11.1. The third kappa shape index (κ3) is 4.91. The van der Waals surface area contributed by atoms with Gasteiger partial charge in [-0.15, -0.1) is 0 Å². The number of hydrogen-bond donors (Lipinski definition) is 0. The number of carbonyl (C=O) groups excluding carboxylic acids is 1. The van der Waals surface area contributed by atoms with Crippen molar-refractivity contribution in [3.05, 3.63) is 34.9 Å². The minimum Gasteiger partial charge on any atom is -0.497 e. The number of ether oxygens (including phenoxy) is 2. The fourth-order valence-corrected chi connectivity index (χ4v) is 1.54. The van der Waals surface area contributed by atoms with Gasteiger partial charge in [-0.1, -0.05) is 23.8 Å². The van der Waals surface area contributed by atoms with E-state index in [2.05, 4.69) is 0 Å². The highest BCUT2D eigenvalue weighted by Gasteiger charge is 1.99. The Morgan fingerprint density at radius 1 is 1.41 bits per heavy atom. The van der Waals surface area contributed by atoms with Crippen molar-refractivity contribution in [2.75, 3.05) is 13.7 Å². The van der Waals surface area contributed by atoms with E-state index in [1.165, 1.54) is 0 Å². The summed E-state index contributed by atoms with van der Waals surface area (Å²) in [7, 11) is 1.58. The first-order valence-electron chi connectivity index (χ1n) is 5.32. The number of hydrogen-bond acceptors (Lipinski definition) is 3. The predicted molar refractivity (Wildman–Crippen MR) is 68.3 cm³/mol. The van der Waals surface area contributed by atoms with E-state index in [0.717, 1.165) is 5.56 Å².